The standard InChI is InChI=1S/C23H27N3O3S/c1-5-22(19-10-12-21(13-11-19)30(4,28)29)24-23(27)20-8-6-18(7-9-20)15-26-17(3)14-16(2)25-26/h6-14,22H,5,15H2,1-4H3,(H,24,27)/t22-/m0/s1. The highest BCUT2D eigenvalue weighted by Gasteiger charge is 2.15. The van der Waals surface area contributed by atoms with Crippen LogP contribution >= 0.6 is 0 Å². The predicted octanol–water partition coefficient (Wildman–Crippen LogP) is 3.83. The Hall–Kier alpha value is -2.93. The number of hydrogen-bond donors (Lipinski definition) is 1. The van der Waals surface area contributed by atoms with Crippen LogP contribution in [-0.2, 0) is 16.4 Å². The first-order chi connectivity index (χ1) is 14.2. The molecule has 1 N–H and O–H groups in total. The maximum Gasteiger partial charge on any atom is 0.251 e. The third kappa shape index (κ3) is 5.16. The van der Waals surface area contributed by atoms with Gasteiger partial charge in [0.2, 0.25) is 0 Å². The molecular weight excluding hydrogens is 398 g/mol. The Morgan fingerprint density at radius 1 is 1.07 bits per heavy atom. The lowest BCUT2D eigenvalue weighted by Crippen LogP contribution is -2.28. The van der Waals surface area contributed by atoms with Crippen LogP contribution in [0.15, 0.2) is 59.5 Å². The SMILES string of the molecule is CC[C@H](NC(=O)c1ccc(Cn2nc(C)cc2C)cc1)c1ccc(S(C)(=O)=O)cc1. The Morgan fingerprint density at radius 3 is 2.20 bits per heavy atom. The number of nitrogens with one attached hydrogen (secondary N) is 1. The van der Waals surface area contributed by atoms with E-state index in [2.05, 4.69) is 10.4 Å². The van der Waals surface area contributed by atoms with Crippen LogP contribution in [0.25, 0.3) is 0 Å². The highest BCUT2D eigenvalue weighted by atomic mass is 32.2. The lowest BCUT2D eigenvalue weighted by molar-refractivity contribution is 0.0935. The summed E-state index contributed by atoms with van der Waals surface area (Å²) in [5.41, 5.74) is 4.61. The van der Waals surface area contributed by atoms with Gasteiger partial charge >= 0.3 is 0 Å². The maximum absolute atomic E-state index is 12.7. The Labute approximate surface area is 177 Å². The second-order valence-corrected chi connectivity index (χ2v) is 9.57. The van der Waals surface area contributed by atoms with Gasteiger partial charge in [0.15, 0.2) is 9.84 Å². The van der Waals surface area contributed by atoms with E-state index < -0.39 is 9.84 Å². The average molecular weight is 426 g/mol. The van der Waals surface area contributed by atoms with Gasteiger partial charge in [-0.05, 0) is 61.7 Å². The topological polar surface area (TPSA) is 81.1 Å². The van der Waals surface area contributed by atoms with Gasteiger partial charge in [-0.25, -0.2) is 8.42 Å². The normalized spacial score (nSPS) is 12.5. The van der Waals surface area contributed by atoms with Gasteiger partial charge in [-0.1, -0.05) is 31.2 Å². The van der Waals surface area contributed by atoms with Crippen LogP contribution in [-0.4, -0.2) is 30.4 Å². The van der Waals surface area contributed by atoms with Gasteiger partial charge < -0.3 is 5.32 Å². The molecule has 2 aromatic carbocycles. The number of nitrogens with zero attached hydrogens (tertiary/aromatic N) is 2. The Bertz CT molecular complexity index is 1130. The molecule has 1 amide bonds. The van der Waals surface area contributed by atoms with E-state index in [1.54, 1.807) is 24.3 Å². The largest absolute Gasteiger partial charge is 0.345 e. The molecule has 0 saturated heterocycles. The van der Waals surface area contributed by atoms with E-state index in [0.29, 0.717) is 18.5 Å². The van der Waals surface area contributed by atoms with Gasteiger partial charge in [0.05, 0.1) is 23.2 Å². The minimum absolute atomic E-state index is 0.160. The molecule has 0 saturated carbocycles. The molecule has 1 heterocycles. The molecule has 3 rings (SSSR count). The Kier molecular flexibility index (Phi) is 6.41. The maximum atomic E-state index is 12.7. The summed E-state index contributed by atoms with van der Waals surface area (Å²) in [5, 5.41) is 7.50. The summed E-state index contributed by atoms with van der Waals surface area (Å²) >= 11 is 0. The summed E-state index contributed by atoms with van der Waals surface area (Å²) in [6, 6.07) is 16.0. The molecule has 0 aliphatic heterocycles. The lowest BCUT2D eigenvalue weighted by Gasteiger charge is -2.18. The van der Waals surface area contributed by atoms with Gasteiger partial charge in [0.25, 0.3) is 5.91 Å². The number of aryl methyl sites for hydroxylation is 2. The minimum atomic E-state index is -3.24. The zero-order valence-electron chi connectivity index (χ0n) is 17.7. The van der Waals surface area contributed by atoms with Crippen molar-refractivity contribution in [2.45, 2.75) is 44.7 Å². The number of rotatable bonds is 7. The van der Waals surface area contributed by atoms with Crippen LogP contribution < -0.4 is 5.32 Å². The van der Waals surface area contributed by atoms with Gasteiger partial charge in [-0.15, -0.1) is 0 Å². The van der Waals surface area contributed by atoms with E-state index in [1.807, 2.05) is 55.8 Å². The zero-order valence-corrected chi connectivity index (χ0v) is 18.5. The number of sulfone groups is 1. The van der Waals surface area contributed by atoms with Crippen LogP contribution in [0.5, 0.6) is 0 Å². The van der Waals surface area contributed by atoms with Gasteiger partial charge in [-0.2, -0.15) is 5.10 Å². The molecular formula is C23H27N3O3S. The second-order valence-electron chi connectivity index (χ2n) is 7.56. The van der Waals surface area contributed by atoms with E-state index in [-0.39, 0.29) is 16.8 Å². The Balaban J connectivity index is 1.68. The highest BCUT2D eigenvalue weighted by molar-refractivity contribution is 7.90. The van der Waals surface area contributed by atoms with Crippen LogP contribution in [0.2, 0.25) is 0 Å². The van der Waals surface area contributed by atoms with Gasteiger partial charge in [-0.3, -0.25) is 9.48 Å². The van der Waals surface area contributed by atoms with Crippen molar-refractivity contribution in [1.82, 2.24) is 15.1 Å². The molecule has 158 valence electrons. The van der Waals surface area contributed by atoms with Gasteiger partial charge in [0, 0.05) is 17.5 Å². The summed E-state index contributed by atoms with van der Waals surface area (Å²) in [6.45, 7) is 6.63. The molecule has 30 heavy (non-hydrogen) atoms. The zero-order chi connectivity index (χ0) is 21.9. The van der Waals surface area contributed by atoms with E-state index in [1.165, 1.54) is 6.26 Å². The number of aromatic nitrogens is 2. The number of amides is 1. The van der Waals surface area contributed by atoms with Crippen molar-refractivity contribution in [2.24, 2.45) is 0 Å². The third-order valence-electron chi connectivity index (χ3n) is 5.08. The summed E-state index contributed by atoms with van der Waals surface area (Å²) in [7, 11) is -3.24. The van der Waals surface area contributed by atoms with Crippen LogP contribution in [0.3, 0.4) is 0 Å². The number of carbonyl (C=O) groups is 1. The first-order valence-electron chi connectivity index (χ1n) is 9.88. The van der Waals surface area contributed by atoms with E-state index in [4.69, 9.17) is 0 Å². The predicted molar refractivity (Wildman–Crippen MR) is 117 cm³/mol. The van der Waals surface area contributed by atoms with Crippen molar-refractivity contribution in [3.05, 3.63) is 82.7 Å². The fourth-order valence-electron chi connectivity index (χ4n) is 3.38. The van der Waals surface area contributed by atoms with Crippen LogP contribution in [0.1, 0.15) is 52.3 Å². The molecule has 0 radical (unpaired) electrons. The van der Waals surface area contributed by atoms with Crippen LogP contribution in [0.4, 0.5) is 0 Å². The fourth-order valence-corrected chi connectivity index (χ4v) is 4.01. The summed E-state index contributed by atoms with van der Waals surface area (Å²) < 4.78 is 25.2. The summed E-state index contributed by atoms with van der Waals surface area (Å²) in [6.07, 6.45) is 1.87. The van der Waals surface area contributed by atoms with Crippen molar-refractivity contribution < 1.29 is 13.2 Å². The quantitative estimate of drug-likeness (QED) is 0.624. The first-order valence-corrected chi connectivity index (χ1v) is 11.8. The third-order valence-corrected chi connectivity index (χ3v) is 6.20. The van der Waals surface area contributed by atoms with Crippen molar-refractivity contribution >= 4 is 15.7 Å². The van der Waals surface area contributed by atoms with E-state index in [9.17, 15) is 13.2 Å². The molecule has 0 aliphatic rings. The molecule has 1 aromatic heterocycles. The second kappa shape index (κ2) is 8.83. The molecule has 1 atom stereocenters. The van der Waals surface area contributed by atoms with E-state index >= 15 is 0 Å². The smallest absolute Gasteiger partial charge is 0.251 e. The van der Waals surface area contributed by atoms with Crippen molar-refractivity contribution in [1.29, 1.82) is 0 Å². The van der Waals surface area contributed by atoms with Crippen LogP contribution in [0, 0.1) is 13.8 Å². The molecule has 0 fully saturated rings. The van der Waals surface area contributed by atoms with Crippen molar-refractivity contribution in [3.63, 3.8) is 0 Å². The molecule has 6 nitrogen and oxygen atoms in total. The summed E-state index contributed by atoms with van der Waals surface area (Å²) in [5.74, 6) is -0.160. The average Bonchev–Trinajstić information content (AvgIpc) is 3.02. The number of hydrogen-bond acceptors (Lipinski definition) is 4. The lowest BCUT2D eigenvalue weighted by atomic mass is 10.0. The van der Waals surface area contributed by atoms with Gasteiger partial charge in [0.1, 0.15) is 0 Å². The molecule has 0 aliphatic carbocycles. The summed E-state index contributed by atoms with van der Waals surface area (Å²) in [4.78, 5) is 13.0. The highest BCUT2D eigenvalue weighted by Crippen LogP contribution is 2.20. The monoisotopic (exact) mass is 425 g/mol. The molecule has 0 bridgehead atoms. The molecule has 0 unspecified atom stereocenters. The number of carbonyl (C=O) groups excluding carboxylic acids is 1. The minimum Gasteiger partial charge on any atom is -0.345 e. The molecule has 3 aromatic rings. The fraction of sp³-hybridized carbons (Fsp3) is 0.304. The first kappa shape index (κ1) is 21.8. The number of benzene rings is 2. The Morgan fingerprint density at radius 2 is 1.70 bits per heavy atom. The van der Waals surface area contributed by atoms with Crippen molar-refractivity contribution in [3.8, 4) is 0 Å². The molecule has 0 spiro atoms. The molecule has 7 heteroatoms. The van der Waals surface area contributed by atoms with E-state index in [0.717, 1.165) is 22.5 Å². The van der Waals surface area contributed by atoms with Crippen molar-refractivity contribution in [2.75, 3.05) is 6.26 Å².